The van der Waals surface area contributed by atoms with Crippen LogP contribution < -0.4 is 5.73 Å². The van der Waals surface area contributed by atoms with Gasteiger partial charge in [0.15, 0.2) is 0 Å². The Hall–Kier alpha value is -0.480. The van der Waals surface area contributed by atoms with Gasteiger partial charge in [-0.1, -0.05) is 13.8 Å². The van der Waals surface area contributed by atoms with Crippen molar-refractivity contribution in [2.45, 2.75) is 43.5 Å². The SMILES string of the molecule is CCC(N)C(C)Sc1cc(C)nn1C. The molecule has 0 aromatic carbocycles. The Morgan fingerprint density at radius 3 is 2.71 bits per heavy atom. The van der Waals surface area contributed by atoms with E-state index in [1.54, 1.807) is 11.8 Å². The zero-order valence-electron chi connectivity index (χ0n) is 9.32. The van der Waals surface area contributed by atoms with Crippen molar-refractivity contribution in [3.63, 3.8) is 0 Å². The fraction of sp³-hybridized carbons (Fsp3) is 0.700. The molecule has 0 bridgehead atoms. The fourth-order valence-electron chi connectivity index (χ4n) is 1.31. The van der Waals surface area contributed by atoms with Crippen LogP contribution in [-0.2, 0) is 7.05 Å². The Labute approximate surface area is 90.1 Å². The molecule has 3 nitrogen and oxygen atoms in total. The van der Waals surface area contributed by atoms with Gasteiger partial charge in [0.25, 0.3) is 0 Å². The maximum absolute atomic E-state index is 5.97. The predicted octanol–water partition coefficient (Wildman–Crippen LogP) is 1.95. The van der Waals surface area contributed by atoms with E-state index in [4.69, 9.17) is 5.73 Å². The molecule has 0 saturated heterocycles. The number of aryl methyl sites for hydroxylation is 2. The fourth-order valence-corrected chi connectivity index (χ4v) is 2.49. The molecule has 1 aromatic rings. The molecule has 0 aliphatic carbocycles. The van der Waals surface area contributed by atoms with E-state index in [-0.39, 0.29) is 6.04 Å². The second-order valence-corrected chi connectivity index (χ2v) is 5.04. The lowest BCUT2D eigenvalue weighted by Gasteiger charge is -2.17. The highest BCUT2D eigenvalue weighted by Gasteiger charge is 2.14. The van der Waals surface area contributed by atoms with E-state index in [0.717, 1.165) is 12.1 Å². The molecule has 0 radical (unpaired) electrons. The van der Waals surface area contributed by atoms with Gasteiger partial charge in [-0.25, -0.2) is 0 Å². The summed E-state index contributed by atoms with van der Waals surface area (Å²) in [5, 5.41) is 5.94. The van der Waals surface area contributed by atoms with Gasteiger partial charge in [0, 0.05) is 18.3 Å². The number of hydrogen-bond acceptors (Lipinski definition) is 3. The Kier molecular flexibility index (Phi) is 4.01. The predicted molar refractivity (Wildman–Crippen MR) is 61.5 cm³/mol. The average Bonchev–Trinajstić information content (AvgIpc) is 2.44. The smallest absolute Gasteiger partial charge is 0.0942 e. The zero-order valence-corrected chi connectivity index (χ0v) is 10.1. The number of aromatic nitrogens is 2. The summed E-state index contributed by atoms with van der Waals surface area (Å²) in [5.74, 6) is 0. The number of nitrogens with two attached hydrogens (primary N) is 1. The summed E-state index contributed by atoms with van der Waals surface area (Å²) in [6.07, 6.45) is 1.02. The van der Waals surface area contributed by atoms with Crippen LogP contribution in [0.25, 0.3) is 0 Å². The Morgan fingerprint density at radius 1 is 1.64 bits per heavy atom. The minimum atomic E-state index is 0.259. The van der Waals surface area contributed by atoms with Crippen LogP contribution >= 0.6 is 11.8 Å². The molecule has 0 saturated carbocycles. The van der Waals surface area contributed by atoms with Crippen LogP contribution in [-0.4, -0.2) is 21.1 Å². The van der Waals surface area contributed by atoms with Gasteiger partial charge < -0.3 is 5.73 Å². The molecule has 0 fully saturated rings. The molecule has 0 amide bonds. The average molecular weight is 213 g/mol. The first kappa shape index (κ1) is 11.6. The summed E-state index contributed by atoms with van der Waals surface area (Å²) in [6, 6.07) is 2.36. The van der Waals surface area contributed by atoms with Crippen molar-refractivity contribution in [2.24, 2.45) is 12.8 Å². The number of hydrogen-bond donors (Lipinski definition) is 1. The number of rotatable bonds is 4. The van der Waals surface area contributed by atoms with Crippen LogP contribution in [0, 0.1) is 6.92 Å². The van der Waals surface area contributed by atoms with E-state index in [9.17, 15) is 0 Å². The van der Waals surface area contributed by atoms with E-state index in [0.29, 0.717) is 5.25 Å². The van der Waals surface area contributed by atoms with Gasteiger partial charge in [-0.15, -0.1) is 11.8 Å². The molecule has 0 aliphatic rings. The largest absolute Gasteiger partial charge is 0.327 e. The van der Waals surface area contributed by atoms with Gasteiger partial charge in [0.2, 0.25) is 0 Å². The lowest BCUT2D eigenvalue weighted by atomic mass is 10.2. The zero-order chi connectivity index (χ0) is 10.7. The Balaban J connectivity index is 2.64. The quantitative estimate of drug-likeness (QED) is 0.777. The first-order valence-electron chi connectivity index (χ1n) is 4.97. The first-order chi connectivity index (χ1) is 6.54. The van der Waals surface area contributed by atoms with Crippen molar-refractivity contribution >= 4 is 11.8 Å². The molecule has 4 heteroatoms. The summed E-state index contributed by atoms with van der Waals surface area (Å²) in [7, 11) is 1.97. The number of nitrogens with zero attached hydrogens (tertiary/aromatic N) is 2. The van der Waals surface area contributed by atoms with Crippen LogP contribution in [0.3, 0.4) is 0 Å². The van der Waals surface area contributed by atoms with Crippen molar-refractivity contribution in [3.8, 4) is 0 Å². The molecule has 0 spiro atoms. The minimum Gasteiger partial charge on any atom is -0.327 e. The van der Waals surface area contributed by atoms with Crippen molar-refractivity contribution < 1.29 is 0 Å². The first-order valence-corrected chi connectivity index (χ1v) is 5.85. The summed E-state index contributed by atoms with van der Waals surface area (Å²) in [4.78, 5) is 0. The van der Waals surface area contributed by atoms with Crippen molar-refractivity contribution in [1.29, 1.82) is 0 Å². The van der Waals surface area contributed by atoms with E-state index in [2.05, 4.69) is 25.0 Å². The van der Waals surface area contributed by atoms with Crippen molar-refractivity contribution in [1.82, 2.24) is 9.78 Å². The van der Waals surface area contributed by atoms with E-state index in [1.165, 1.54) is 5.03 Å². The summed E-state index contributed by atoms with van der Waals surface area (Å²) < 4.78 is 1.92. The maximum atomic E-state index is 5.97. The van der Waals surface area contributed by atoms with Crippen LogP contribution in [0.15, 0.2) is 11.1 Å². The monoisotopic (exact) mass is 213 g/mol. The Morgan fingerprint density at radius 2 is 2.29 bits per heavy atom. The third kappa shape index (κ3) is 2.75. The van der Waals surface area contributed by atoms with E-state index >= 15 is 0 Å². The topological polar surface area (TPSA) is 43.8 Å². The third-order valence-electron chi connectivity index (χ3n) is 2.34. The molecular formula is C10H19N3S. The second-order valence-electron chi connectivity index (χ2n) is 3.64. The molecule has 2 unspecified atom stereocenters. The van der Waals surface area contributed by atoms with Crippen LogP contribution in [0.4, 0.5) is 0 Å². The number of thioether (sulfide) groups is 1. The lowest BCUT2D eigenvalue weighted by molar-refractivity contribution is 0.636. The van der Waals surface area contributed by atoms with Gasteiger partial charge in [0.05, 0.1) is 10.7 Å². The molecular weight excluding hydrogens is 194 g/mol. The second kappa shape index (κ2) is 4.84. The normalized spacial score (nSPS) is 15.5. The van der Waals surface area contributed by atoms with E-state index < -0.39 is 0 Å². The van der Waals surface area contributed by atoms with Crippen molar-refractivity contribution in [2.75, 3.05) is 0 Å². The van der Waals surface area contributed by atoms with Gasteiger partial charge in [-0.2, -0.15) is 5.10 Å². The Bertz CT molecular complexity index is 296. The van der Waals surface area contributed by atoms with Gasteiger partial charge >= 0.3 is 0 Å². The van der Waals surface area contributed by atoms with E-state index in [1.807, 2.05) is 18.7 Å². The minimum absolute atomic E-state index is 0.259. The summed E-state index contributed by atoms with van der Waals surface area (Å²) in [5.41, 5.74) is 7.03. The highest BCUT2D eigenvalue weighted by atomic mass is 32.2. The van der Waals surface area contributed by atoms with Crippen LogP contribution in [0.1, 0.15) is 26.0 Å². The van der Waals surface area contributed by atoms with Crippen LogP contribution in [0.2, 0.25) is 0 Å². The highest BCUT2D eigenvalue weighted by Crippen LogP contribution is 2.25. The molecule has 2 atom stereocenters. The third-order valence-corrected chi connectivity index (χ3v) is 3.68. The highest BCUT2D eigenvalue weighted by molar-refractivity contribution is 7.99. The molecule has 0 aliphatic heterocycles. The molecule has 1 rings (SSSR count). The molecule has 14 heavy (non-hydrogen) atoms. The molecule has 2 N–H and O–H groups in total. The van der Waals surface area contributed by atoms with Crippen molar-refractivity contribution in [3.05, 3.63) is 11.8 Å². The van der Waals surface area contributed by atoms with Gasteiger partial charge in [0.1, 0.15) is 0 Å². The van der Waals surface area contributed by atoms with Gasteiger partial charge in [-0.3, -0.25) is 4.68 Å². The maximum Gasteiger partial charge on any atom is 0.0942 e. The molecule has 1 aromatic heterocycles. The molecule has 80 valence electrons. The molecule has 1 heterocycles. The summed E-state index contributed by atoms with van der Waals surface area (Å²) in [6.45, 7) is 6.30. The lowest BCUT2D eigenvalue weighted by Crippen LogP contribution is -2.29. The van der Waals surface area contributed by atoms with Crippen LogP contribution in [0.5, 0.6) is 0 Å². The summed E-state index contributed by atoms with van der Waals surface area (Å²) >= 11 is 1.80. The van der Waals surface area contributed by atoms with Gasteiger partial charge in [-0.05, 0) is 19.4 Å². The standard InChI is InChI=1S/C10H19N3S/c1-5-9(11)8(3)14-10-6-7(2)12-13(10)4/h6,8-9H,5,11H2,1-4H3.